The molecule has 1 aromatic rings. The molecule has 1 aromatic carbocycles. The van der Waals surface area contributed by atoms with E-state index < -0.39 is 16.1 Å². The van der Waals surface area contributed by atoms with E-state index in [0.717, 1.165) is 38.8 Å². The SMILES string of the molecule is CC(C(=O)N1CCC2(CC1)CN(C)CCO2)N(c1ccccc1)S(C)(=O)=O. The summed E-state index contributed by atoms with van der Waals surface area (Å²) in [6, 6.07) is 8.00. The number of sulfonamides is 1. The first-order chi connectivity index (χ1) is 12.7. The van der Waals surface area contributed by atoms with Crippen LogP contribution in [0.25, 0.3) is 0 Å². The van der Waals surface area contributed by atoms with Crippen LogP contribution in [-0.2, 0) is 19.6 Å². The molecule has 0 aliphatic carbocycles. The smallest absolute Gasteiger partial charge is 0.246 e. The van der Waals surface area contributed by atoms with E-state index in [0.29, 0.717) is 18.8 Å². The van der Waals surface area contributed by atoms with Gasteiger partial charge in [0.05, 0.1) is 24.2 Å². The lowest BCUT2D eigenvalue weighted by atomic mass is 9.89. The molecule has 27 heavy (non-hydrogen) atoms. The van der Waals surface area contributed by atoms with E-state index in [9.17, 15) is 13.2 Å². The van der Waals surface area contributed by atoms with E-state index in [2.05, 4.69) is 11.9 Å². The number of morpholine rings is 1. The minimum atomic E-state index is -3.58. The van der Waals surface area contributed by atoms with Crippen molar-refractivity contribution in [3.05, 3.63) is 30.3 Å². The molecule has 1 unspecified atom stereocenters. The number of piperidine rings is 1. The summed E-state index contributed by atoms with van der Waals surface area (Å²) in [4.78, 5) is 17.1. The number of likely N-dealkylation sites (tertiary alicyclic amines) is 1. The van der Waals surface area contributed by atoms with Gasteiger partial charge in [0.1, 0.15) is 6.04 Å². The normalized spacial score (nSPS) is 21.8. The fourth-order valence-electron chi connectivity index (χ4n) is 4.11. The Morgan fingerprint density at radius 1 is 1.19 bits per heavy atom. The molecule has 150 valence electrons. The summed E-state index contributed by atoms with van der Waals surface area (Å²) in [6.45, 7) is 5.36. The molecular weight excluding hydrogens is 366 g/mol. The molecule has 2 fully saturated rings. The second-order valence-corrected chi connectivity index (χ2v) is 9.52. The van der Waals surface area contributed by atoms with Gasteiger partial charge in [0, 0.05) is 26.2 Å². The number of amides is 1. The second kappa shape index (κ2) is 7.77. The van der Waals surface area contributed by atoms with Crippen molar-refractivity contribution in [1.29, 1.82) is 0 Å². The topological polar surface area (TPSA) is 70.2 Å². The van der Waals surface area contributed by atoms with Crippen molar-refractivity contribution < 1.29 is 17.9 Å². The second-order valence-electron chi connectivity index (χ2n) is 7.66. The van der Waals surface area contributed by atoms with Crippen LogP contribution in [0.2, 0.25) is 0 Å². The first kappa shape index (κ1) is 20.1. The van der Waals surface area contributed by atoms with Crippen molar-refractivity contribution in [2.45, 2.75) is 31.4 Å². The number of anilines is 1. The van der Waals surface area contributed by atoms with Crippen LogP contribution in [0.5, 0.6) is 0 Å². The number of rotatable bonds is 4. The van der Waals surface area contributed by atoms with Gasteiger partial charge < -0.3 is 14.5 Å². The molecule has 0 radical (unpaired) electrons. The Morgan fingerprint density at radius 2 is 1.81 bits per heavy atom. The Balaban J connectivity index is 1.71. The number of nitrogens with zero attached hydrogens (tertiary/aromatic N) is 3. The highest BCUT2D eigenvalue weighted by molar-refractivity contribution is 7.92. The number of carbonyl (C=O) groups is 1. The van der Waals surface area contributed by atoms with Crippen LogP contribution in [0.1, 0.15) is 19.8 Å². The Bertz CT molecular complexity index is 760. The molecule has 2 aliphatic heterocycles. The minimum Gasteiger partial charge on any atom is -0.372 e. The van der Waals surface area contributed by atoms with Crippen molar-refractivity contribution in [3.63, 3.8) is 0 Å². The van der Waals surface area contributed by atoms with E-state index in [4.69, 9.17) is 4.74 Å². The summed E-state index contributed by atoms with van der Waals surface area (Å²) in [5.74, 6) is -0.164. The molecule has 2 heterocycles. The molecule has 2 saturated heterocycles. The quantitative estimate of drug-likeness (QED) is 0.765. The molecule has 0 N–H and O–H groups in total. The summed E-state index contributed by atoms with van der Waals surface area (Å²) < 4.78 is 32.0. The minimum absolute atomic E-state index is 0.164. The summed E-state index contributed by atoms with van der Waals surface area (Å²) in [5, 5.41) is 0. The Kier molecular flexibility index (Phi) is 5.79. The summed E-state index contributed by atoms with van der Waals surface area (Å²) in [7, 11) is -1.49. The molecule has 0 saturated carbocycles. The van der Waals surface area contributed by atoms with E-state index in [1.54, 1.807) is 36.1 Å². The molecule has 2 aliphatic rings. The molecule has 1 atom stereocenters. The molecule has 3 rings (SSSR count). The average molecular weight is 396 g/mol. The third-order valence-electron chi connectivity index (χ3n) is 5.50. The van der Waals surface area contributed by atoms with E-state index in [1.165, 1.54) is 4.31 Å². The number of para-hydroxylation sites is 1. The number of hydrogen-bond acceptors (Lipinski definition) is 5. The van der Waals surface area contributed by atoms with Gasteiger partial charge in [-0.3, -0.25) is 9.10 Å². The highest BCUT2D eigenvalue weighted by Gasteiger charge is 2.41. The van der Waals surface area contributed by atoms with Crippen molar-refractivity contribution in [2.24, 2.45) is 0 Å². The maximum absolute atomic E-state index is 13.1. The van der Waals surface area contributed by atoms with E-state index >= 15 is 0 Å². The van der Waals surface area contributed by atoms with Crippen LogP contribution in [0.15, 0.2) is 30.3 Å². The van der Waals surface area contributed by atoms with Gasteiger partial charge in [-0.25, -0.2) is 8.42 Å². The number of likely N-dealkylation sites (N-methyl/N-ethyl adjacent to an activating group) is 1. The van der Waals surface area contributed by atoms with Gasteiger partial charge in [-0.05, 0) is 38.9 Å². The maximum atomic E-state index is 13.1. The maximum Gasteiger partial charge on any atom is 0.246 e. The van der Waals surface area contributed by atoms with Gasteiger partial charge in [-0.15, -0.1) is 0 Å². The summed E-state index contributed by atoms with van der Waals surface area (Å²) >= 11 is 0. The molecule has 8 heteroatoms. The van der Waals surface area contributed by atoms with Crippen molar-refractivity contribution in [3.8, 4) is 0 Å². The zero-order valence-electron chi connectivity index (χ0n) is 16.3. The number of benzene rings is 1. The van der Waals surface area contributed by atoms with Gasteiger partial charge in [-0.1, -0.05) is 18.2 Å². The van der Waals surface area contributed by atoms with Gasteiger partial charge in [-0.2, -0.15) is 0 Å². The first-order valence-corrected chi connectivity index (χ1v) is 11.2. The first-order valence-electron chi connectivity index (χ1n) is 9.38. The Labute approximate surface area is 161 Å². The summed E-state index contributed by atoms with van der Waals surface area (Å²) in [6.07, 6.45) is 2.70. The van der Waals surface area contributed by atoms with E-state index in [1.807, 2.05) is 6.07 Å². The third-order valence-corrected chi connectivity index (χ3v) is 6.74. The monoisotopic (exact) mass is 395 g/mol. The number of ether oxygens (including phenoxy) is 1. The Morgan fingerprint density at radius 3 is 2.37 bits per heavy atom. The highest BCUT2D eigenvalue weighted by Crippen LogP contribution is 2.30. The van der Waals surface area contributed by atoms with Crippen molar-refractivity contribution >= 4 is 21.6 Å². The zero-order valence-corrected chi connectivity index (χ0v) is 17.1. The highest BCUT2D eigenvalue weighted by atomic mass is 32.2. The molecule has 7 nitrogen and oxygen atoms in total. The van der Waals surface area contributed by atoms with Crippen molar-refractivity contribution in [2.75, 3.05) is 50.4 Å². The average Bonchev–Trinajstić information content (AvgIpc) is 2.61. The molecule has 1 amide bonds. The van der Waals surface area contributed by atoms with E-state index in [-0.39, 0.29) is 11.5 Å². The van der Waals surface area contributed by atoms with Crippen LogP contribution >= 0.6 is 0 Å². The third kappa shape index (κ3) is 4.44. The van der Waals surface area contributed by atoms with Crippen LogP contribution in [0.4, 0.5) is 5.69 Å². The van der Waals surface area contributed by atoms with Gasteiger partial charge in [0.25, 0.3) is 0 Å². The fraction of sp³-hybridized carbons (Fsp3) is 0.632. The zero-order chi connectivity index (χ0) is 19.7. The summed E-state index contributed by atoms with van der Waals surface area (Å²) in [5.41, 5.74) is 0.328. The molecular formula is C19H29N3O4S. The van der Waals surface area contributed by atoms with Crippen molar-refractivity contribution in [1.82, 2.24) is 9.80 Å². The lowest BCUT2D eigenvalue weighted by Crippen LogP contribution is -2.58. The van der Waals surface area contributed by atoms with Gasteiger partial charge >= 0.3 is 0 Å². The fourth-order valence-corrected chi connectivity index (χ4v) is 5.28. The predicted octanol–water partition coefficient (Wildman–Crippen LogP) is 1.16. The van der Waals surface area contributed by atoms with Gasteiger partial charge in [0.15, 0.2) is 0 Å². The Hall–Kier alpha value is -1.64. The van der Waals surface area contributed by atoms with Crippen LogP contribution in [-0.4, -0.2) is 81.9 Å². The van der Waals surface area contributed by atoms with Crippen LogP contribution in [0.3, 0.4) is 0 Å². The molecule has 0 aromatic heterocycles. The molecule has 1 spiro atoms. The number of hydrogen-bond donors (Lipinski definition) is 0. The van der Waals surface area contributed by atoms with Gasteiger partial charge in [0.2, 0.25) is 15.9 Å². The largest absolute Gasteiger partial charge is 0.372 e. The lowest BCUT2D eigenvalue weighted by molar-refractivity contribution is -0.148. The van der Waals surface area contributed by atoms with Crippen LogP contribution < -0.4 is 4.31 Å². The standard InChI is InChI=1S/C19H29N3O4S/c1-16(22(27(3,24)25)17-7-5-4-6-8-17)18(23)21-11-9-19(10-12-21)15-20(2)13-14-26-19/h4-8,16H,9-15H2,1-3H3. The predicted molar refractivity (Wildman–Crippen MR) is 105 cm³/mol. The molecule has 0 bridgehead atoms. The van der Waals surface area contributed by atoms with Crippen LogP contribution in [0, 0.1) is 0 Å². The lowest BCUT2D eigenvalue weighted by Gasteiger charge is -2.47. The number of carbonyl (C=O) groups excluding carboxylic acids is 1.